The van der Waals surface area contributed by atoms with Gasteiger partial charge in [-0.2, -0.15) is 0 Å². The molecule has 0 aromatic carbocycles. The average Bonchev–Trinajstić information content (AvgIpc) is 1.58. The Morgan fingerprint density at radius 3 is 1.50 bits per heavy atom. The molecule has 0 aliphatic heterocycles. The summed E-state index contributed by atoms with van der Waals surface area (Å²) in [4.78, 5) is 0. The van der Waals surface area contributed by atoms with E-state index in [1.54, 1.807) is 0 Å². The fourth-order valence-electron chi connectivity index (χ4n) is 0.543. The molecule has 10 heavy (non-hydrogen) atoms. The largest absolute Gasteiger partial charge is 0.393 e. The summed E-state index contributed by atoms with van der Waals surface area (Å²) >= 11 is 0. The molecule has 0 aromatic rings. The molecule has 0 aliphatic carbocycles. The Balaban J connectivity index is 4.75. The predicted molar refractivity (Wildman–Crippen MR) is 44.9 cm³/mol. The minimum absolute atomic E-state index is 0.0573. The van der Waals surface area contributed by atoms with Gasteiger partial charge in [0.25, 0.3) is 0 Å². The lowest BCUT2D eigenvalue weighted by atomic mass is 9.66. The van der Waals surface area contributed by atoms with E-state index in [9.17, 15) is 5.11 Å². The Morgan fingerprint density at radius 1 is 1.20 bits per heavy atom. The molecule has 0 aliphatic rings. The van der Waals surface area contributed by atoms with Crippen molar-refractivity contribution in [1.82, 2.24) is 0 Å². The summed E-state index contributed by atoms with van der Waals surface area (Å²) < 4.78 is 7.55. The summed E-state index contributed by atoms with van der Waals surface area (Å²) in [5.41, 5.74) is -0.460. The Bertz CT molecular complexity index is 121. The third-order valence-electron chi connectivity index (χ3n) is 2.78. The Hall–Kier alpha value is -0.0400. The third kappa shape index (κ3) is 1.72. The van der Waals surface area contributed by atoms with Gasteiger partial charge >= 0.3 is 0 Å². The summed E-state index contributed by atoms with van der Waals surface area (Å²) in [6.45, 7) is 11.5. The van der Waals surface area contributed by atoms with Crippen LogP contribution in [0.25, 0.3) is 0 Å². The molecule has 62 valence electrons. The third-order valence-corrected chi connectivity index (χ3v) is 2.78. The maximum Gasteiger partial charge on any atom is 0.0603 e. The second kappa shape index (κ2) is 2.54. The van der Waals surface area contributed by atoms with Gasteiger partial charge in [-0.15, -0.1) is 0 Å². The van der Waals surface area contributed by atoms with Gasteiger partial charge in [-0.05, 0) is 17.8 Å². The van der Waals surface area contributed by atoms with Crippen LogP contribution in [0.1, 0.15) is 42.9 Å². The van der Waals surface area contributed by atoms with Gasteiger partial charge in [0.15, 0.2) is 0 Å². The Labute approximate surface area is 65.9 Å². The molecule has 0 saturated carbocycles. The second-order valence-corrected chi connectivity index (χ2v) is 4.46. The zero-order valence-corrected chi connectivity index (χ0v) is 7.95. The van der Waals surface area contributed by atoms with Crippen molar-refractivity contribution in [2.24, 2.45) is 10.8 Å². The van der Waals surface area contributed by atoms with Crippen LogP contribution in [-0.4, -0.2) is 11.2 Å². The first-order valence-electron chi connectivity index (χ1n) is 4.22. The van der Waals surface area contributed by atoms with Gasteiger partial charge in [-0.3, -0.25) is 0 Å². The maximum atomic E-state index is 9.55. The number of hydrogen-bond acceptors (Lipinski definition) is 1. The molecule has 0 radical (unpaired) electrons. The van der Waals surface area contributed by atoms with Crippen molar-refractivity contribution in [3.63, 3.8) is 0 Å². The molecule has 0 spiro atoms. The van der Waals surface area contributed by atoms with E-state index >= 15 is 0 Å². The first-order valence-corrected chi connectivity index (χ1v) is 3.72. The van der Waals surface area contributed by atoms with Gasteiger partial charge in [0.1, 0.15) is 0 Å². The highest BCUT2D eigenvalue weighted by Gasteiger charge is 2.36. The second-order valence-electron chi connectivity index (χ2n) is 4.46. The summed E-state index contributed by atoms with van der Waals surface area (Å²) in [6, 6.07) is 0. The highest BCUT2D eigenvalue weighted by atomic mass is 16.3. The fourth-order valence-corrected chi connectivity index (χ4v) is 0.543. The van der Waals surface area contributed by atoms with Gasteiger partial charge in [0.2, 0.25) is 0 Å². The van der Waals surface area contributed by atoms with Crippen molar-refractivity contribution in [1.29, 1.82) is 0 Å². The molecular weight excluding hydrogens is 124 g/mol. The SMILES string of the molecule is [2H]C(C)(O)C(C)(C)C(C)(C)C. The van der Waals surface area contributed by atoms with Crippen LogP contribution in [0.3, 0.4) is 0 Å². The molecule has 0 heterocycles. The van der Waals surface area contributed by atoms with Crippen molar-refractivity contribution in [2.45, 2.75) is 47.6 Å². The van der Waals surface area contributed by atoms with Crippen molar-refractivity contribution in [2.75, 3.05) is 0 Å². The molecule has 1 nitrogen and oxygen atoms in total. The van der Waals surface area contributed by atoms with Crippen LogP contribution in [0.5, 0.6) is 0 Å². The van der Waals surface area contributed by atoms with Gasteiger partial charge < -0.3 is 5.11 Å². The molecule has 1 atom stereocenters. The monoisotopic (exact) mass is 145 g/mol. The topological polar surface area (TPSA) is 20.2 Å². The summed E-state index contributed by atoms with van der Waals surface area (Å²) in [7, 11) is 0. The quantitative estimate of drug-likeness (QED) is 0.601. The van der Waals surface area contributed by atoms with Crippen LogP contribution < -0.4 is 0 Å². The lowest BCUT2D eigenvalue weighted by Crippen LogP contribution is -2.39. The van der Waals surface area contributed by atoms with E-state index in [4.69, 9.17) is 1.37 Å². The van der Waals surface area contributed by atoms with Gasteiger partial charge in [0, 0.05) is 0 Å². The summed E-state index contributed by atoms with van der Waals surface area (Å²) in [5.74, 6) is 0. The van der Waals surface area contributed by atoms with E-state index in [1.807, 2.05) is 34.6 Å². The maximum absolute atomic E-state index is 9.55. The highest BCUT2D eigenvalue weighted by Crippen LogP contribution is 2.40. The molecule has 1 heteroatoms. The van der Waals surface area contributed by atoms with E-state index in [1.165, 1.54) is 6.92 Å². The Kier molecular flexibility index (Phi) is 2.04. The van der Waals surface area contributed by atoms with Crippen molar-refractivity contribution < 1.29 is 6.48 Å². The van der Waals surface area contributed by atoms with Crippen molar-refractivity contribution >= 4 is 0 Å². The highest BCUT2D eigenvalue weighted by molar-refractivity contribution is 4.86. The molecule has 0 bridgehead atoms. The van der Waals surface area contributed by atoms with Crippen LogP contribution in [0, 0.1) is 10.8 Å². The van der Waals surface area contributed by atoms with Crippen LogP contribution in [0.15, 0.2) is 0 Å². The zero-order valence-electron chi connectivity index (χ0n) is 8.95. The molecule has 1 N–H and O–H groups in total. The zero-order chi connectivity index (χ0) is 9.50. The average molecular weight is 145 g/mol. The molecule has 1 unspecified atom stereocenters. The normalized spacial score (nSPS) is 21.7. The summed E-state index contributed by atoms with van der Waals surface area (Å²) in [6.07, 6.45) is -1.37. The van der Waals surface area contributed by atoms with E-state index < -0.39 is 11.5 Å². The van der Waals surface area contributed by atoms with Crippen molar-refractivity contribution in [3.8, 4) is 0 Å². The van der Waals surface area contributed by atoms with Crippen LogP contribution in [0.4, 0.5) is 0 Å². The lowest BCUT2D eigenvalue weighted by molar-refractivity contribution is -0.0153. The van der Waals surface area contributed by atoms with Crippen molar-refractivity contribution in [3.05, 3.63) is 0 Å². The number of hydrogen-bond donors (Lipinski definition) is 1. The fraction of sp³-hybridized carbons (Fsp3) is 1.00. The smallest absolute Gasteiger partial charge is 0.0603 e. The number of aliphatic hydroxyl groups is 1. The summed E-state index contributed by atoms with van der Waals surface area (Å²) in [5, 5.41) is 9.55. The first kappa shape index (κ1) is 8.06. The Morgan fingerprint density at radius 2 is 1.50 bits per heavy atom. The predicted octanol–water partition coefficient (Wildman–Crippen LogP) is 2.44. The van der Waals surface area contributed by atoms with E-state index in [0.717, 1.165) is 0 Å². The lowest BCUT2D eigenvalue weighted by Gasteiger charge is -2.41. The van der Waals surface area contributed by atoms with E-state index in [-0.39, 0.29) is 5.41 Å². The van der Waals surface area contributed by atoms with E-state index in [0.29, 0.717) is 0 Å². The van der Waals surface area contributed by atoms with Crippen LogP contribution >= 0.6 is 0 Å². The molecule has 0 saturated heterocycles. The van der Waals surface area contributed by atoms with E-state index in [2.05, 4.69) is 0 Å². The minimum atomic E-state index is -1.37. The first-order chi connectivity index (χ1) is 4.50. The standard InChI is InChI=1S/C9H20O/c1-7(10)9(5,6)8(2,3)4/h7,10H,1-6H3/i7D. The van der Waals surface area contributed by atoms with Gasteiger partial charge in [-0.25, -0.2) is 0 Å². The minimum Gasteiger partial charge on any atom is -0.393 e. The molecule has 0 amide bonds. The number of rotatable bonds is 1. The molecule has 0 fully saturated rings. The van der Waals surface area contributed by atoms with Gasteiger partial charge in [-0.1, -0.05) is 34.6 Å². The van der Waals surface area contributed by atoms with Crippen LogP contribution in [-0.2, 0) is 0 Å². The van der Waals surface area contributed by atoms with Gasteiger partial charge in [0.05, 0.1) is 7.45 Å². The molecule has 0 aromatic heterocycles. The molecular formula is C9H20O. The van der Waals surface area contributed by atoms with Crippen LogP contribution in [0.2, 0.25) is 0 Å². The molecule has 0 rings (SSSR count).